The van der Waals surface area contributed by atoms with Crippen molar-refractivity contribution in [3.05, 3.63) is 29.3 Å². The largest absolute Gasteiger partial charge is 0.493 e. The molecule has 0 aromatic heterocycles. The fourth-order valence-corrected chi connectivity index (χ4v) is 2.16. The van der Waals surface area contributed by atoms with E-state index in [-0.39, 0.29) is 0 Å². The van der Waals surface area contributed by atoms with Gasteiger partial charge in [-0.05, 0) is 23.6 Å². The van der Waals surface area contributed by atoms with Crippen molar-refractivity contribution in [2.24, 2.45) is 0 Å². The zero-order valence-electron chi connectivity index (χ0n) is 10.6. The summed E-state index contributed by atoms with van der Waals surface area (Å²) in [6, 6.07) is 5.63. The molecule has 4 nitrogen and oxygen atoms in total. The Balaban J connectivity index is 1.95. The van der Waals surface area contributed by atoms with Crippen molar-refractivity contribution in [3.63, 3.8) is 0 Å². The van der Waals surface area contributed by atoms with Crippen molar-refractivity contribution in [1.82, 2.24) is 5.32 Å². The Hall–Kier alpha value is -1.55. The van der Waals surface area contributed by atoms with Crippen LogP contribution in [0.25, 0.3) is 0 Å². The second-order valence-electron chi connectivity index (χ2n) is 4.60. The lowest BCUT2D eigenvalue weighted by atomic mass is 10.1. The van der Waals surface area contributed by atoms with Gasteiger partial charge in [0, 0.05) is 13.0 Å². The molecule has 2 rings (SSSR count). The number of hydrogen-bond acceptors (Lipinski definition) is 3. The van der Waals surface area contributed by atoms with E-state index in [1.807, 2.05) is 19.1 Å². The maximum Gasteiger partial charge on any atom is 0.320 e. The summed E-state index contributed by atoms with van der Waals surface area (Å²) in [4.78, 5) is 11.0. The number of carboxylic acid groups (broad SMARTS) is 1. The second kappa shape index (κ2) is 5.87. The average Bonchev–Trinajstić information content (AvgIpc) is 2.81. The number of benzene rings is 1. The molecule has 0 saturated carbocycles. The molecule has 0 bridgehead atoms. The maximum atomic E-state index is 11.0. The quantitative estimate of drug-likeness (QED) is 0.809. The zero-order chi connectivity index (χ0) is 13.0. The van der Waals surface area contributed by atoms with Crippen LogP contribution in [-0.2, 0) is 17.8 Å². The molecule has 0 spiro atoms. The van der Waals surface area contributed by atoms with E-state index < -0.39 is 12.0 Å². The third-order valence-corrected chi connectivity index (χ3v) is 3.19. The van der Waals surface area contributed by atoms with E-state index in [0.29, 0.717) is 13.0 Å². The molecule has 1 aromatic rings. The lowest BCUT2D eigenvalue weighted by Crippen LogP contribution is -2.35. The van der Waals surface area contributed by atoms with Gasteiger partial charge in [-0.1, -0.05) is 25.5 Å². The predicted octanol–water partition coefficient (Wildman–Crippen LogP) is 1.96. The normalized spacial score (nSPS) is 14.9. The van der Waals surface area contributed by atoms with Crippen LogP contribution in [0.3, 0.4) is 0 Å². The van der Waals surface area contributed by atoms with Crippen LogP contribution >= 0.6 is 0 Å². The molecule has 0 amide bonds. The maximum absolute atomic E-state index is 11.0. The van der Waals surface area contributed by atoms with Crippen molar-refractivity contribution in [2.75, 3.05) is 6.61 Å². The fourth-order valence-electron chi connectivity index (χ4n) is 2.16. The minimum absolute atomic E-state index is 0.468. The van der Waals surface area contributed by atoms with Gasteiger partial charge in [-0.25, -0.2) is 0 Å². The van der Waals surface area contributed by atoms with Gasteiger partial charge < -0.3 is 15.2 Å². The highest BCUT2D eigenvalue weighted by Gasteiger charge is 2.16. The van der Waals surface area contributed by atoms with Gasteiger partial charge in [0.25, 0.3) is 0 Å². The number of ether oxygens (including phenoxy) is 1. The van der Waals surface area contributed by atoms with Gasteiger partial charge in [0.15, 0.2) is 0 Å². The Kier molecular flexibility index (Phi) is 4.20. The van der Waals surface area contributed by atoms with Crippen molar-refractivity contribution < 1.29 is 14.6 Å². The van der Waals surface area contributed by atoms with E-state index in [9.17, 15) is 4.79 Å². The lowest BCUT2D eigenvalue weighted by molar-refractivity contribution is -0.139. The second-order valence-corrected chi connectivity index (χ2v) is 4.60. The van der Waals surface area contributed by atoms with Gasteiger partial charge in [0.2, 0.25) is 0 Å². The van der Waals surface area contributed by atoms with E-state index in [4.69, 9.17) is 9.84 Å². The summed E-state index contributed by atoms with van der Waals surface area (Å²) in [7, 11) is 0. The third kappa shape index (κ3) is 3.01. The van der Waals surface area contributed by atoms with Gasteiger partial charge in [-0.3, -0.25) is 4.79 Å². The number of carbonyl (C=O) groups is 1. The van der Waals surface area contributed by atoms with Crippen LogP contribution in [0.15, 0.2) is 18.2 Å². The van der Waals surface area contributed by atoms with E-state index in [1.54, 1.807) is 0 Å². The van der Waals surface area contributed by atoms with Crippen molar-refractivity contribution in [1.29, 1.82) is 0 Å². The highest BCUT2D eigenvalue weighted by molar-refractivity contribution is 5.73. The molecular weight excluding hydrogens is 230 g/mol. The van der Waals surface area contributed by atoms with Crippen LogP contribution in [0, 0.1) is 0 Å². The SMILES string of the molecule is CCCC(NCc1ccc2c(c1)OCC2)C(=O)O. The first-order chi connectivity index (χ1) is 8.70. The topological polar surface area (TPSA) is 58.6 Å². The van der Waals surface area contributed by atoms with E-state index in [2.05, 4.69) is 11.4 Å². The number of aliphatic carboxylic acids is 1. The third-order valence-electron chi connectivity index (χ3n) is 3.19. The van der Waals surface area contributed by atoms with Crippen LogP contribution < -0.4 is 10.1 Å². The van der Waals surface area contributed by atoms with Crippen LogP contribution in [0.5, 0.6) is 5.75 Å². The first kappa shape index (κ1) is 12.9. The molecule has 1 aliphatic heterocycles. The molecule has 18 heavy (non-hydrogen) atoms. The molecule has 98 valence electrons. The Morgan fingerprint density at radius 3 is 3.11 bits per heavy atom. The summed E-state index contributed by atoms with van der Waals surface area (Å²) in [5.41, 5.74) is 2.31. The smallest absolute Gasteiger partial charge is 0.320 e. The molecular formula is C14H19NO3. The standard InChI is InChI=1S/C14H19NO3/c1-2-3-12(14(16)17)15-9-10-4-5-11-6-7-18-13(11)8-10/h4-5,8,12,15H,2-3,6-7,9H2,1H3,(H,16,17). The monoisotopic (exact) mass is 249 g/mol. The van der Waals surface area contributed by atoms with Crippen molar-refractivity contribution in [2.45, 2.75) is 38.8 Å². The number of rotatable bonds is 6. The first-order valence-corrected chi connectivity index (χ1v) is 6.41. The van der Waals surface area contributed by atoms with Gasteiger partial charge >= 0.3 is 5.97 Å². The summed E-state index contributed by atoms with van der Waals surface area (Å²) >= 11 is 0. The highest BCUT2D eigenvalue weighted by atomic mass is 16.5. The molecule has 4 heteroatoms. The Labute approximate surface area is 107 Å². The molecule has 1 aliphatic rings. The minimum Gasteiger partial charge on any atom is -0.493 e. The van der Waals surface area contributed by atoms with Gasteiger partial charge in [-0.2, -0.15) is 0 Å². The van der Waals surface area contributed by atoms with Gasteiger partial charge in [-0.15, -0.1) is 0 Å². The van der Waals surface area contributed by atoms with Crippen LogP contribution in [0.4, 0.5) is 0 Å². The summed E-state index contributed by atoms with van der Waals surface area (Å²) in [5, 5.41) is 12.1. The molecule has 0 fully saturated rings. The fraction of sp³-hybridized carbons (Fsp3) is 0.500. The summed E-state index contributed by atoms with van der Waals surface area (Å²) < 4.78 is 5.50. The Morgan fingerprint density at radius 2 is 2.39 bits per heavy atom. The van der Waals surface area contributed by atoms with Crippen LogP contribution in [-0.4, -0.2) is 23.7 Å². The van der Waals surface area contributed by atoms with E-state index in [0.717, 1.165) is 30.8 Å². The van der Waals surface area contributed by atoms with Gasteiger partial charge in [0.05, 0.1) is 6.61 Å². The molecule has 2 N–H and O–H groups in total. The van der Waals surface area contributed by atoms with Crippen LogP contribution in [0.2, 0.25) is 0 Å². The molecule has 0 saturated heterocycles. The number of nitrogens with one attached hydrogen (secondary N) is 1. The highest BCUT2D eigenvalue weighted by Crippen LogP contribution is 2.26. The summed E-state index contributed by atoms with van der Waals surface area (Å²) in [5.74, 6) is 0.158. The predicted molar refractivity (Wildman–Crippen MR) is 68.8 cm³/mol. The molecule has 1 unspecified atom stereocenters. The van der Waals surface area contributed by atoms with Crippen LogP contribution in [0.1, 0.15) is 30.9 Å². The molecule has 0 aliphatic carbocycles. The minimum atomic E-state index is -0.783. The number of fused-ring (bicyclic) bond motifs is 1. The van der Waals surface area contributed by atoms with Crippen molar-refractivity contribution >= 4 is 5.97 Å². The number of carboxylic acids is 1. The molecule has 1 atom stereocenters. The Bertz CT molecular complexity index is 431. The number of hydrogen-bond donors (Lipinski definition) is 2. The molecule has 0 radical (unpaired) electrons. The molecule has 1 heterocycles. The van der Waals surface area contributed by atoms with Gasteiger partial charge in [0.1, 0.15) is 11.8 Å². The average molecular weight is 249 g/mol. The lowest BCUT2D eigenvalue weighted by Gasteiger charge is -2.13. The summed E-state index contributed by atoms with van der Waals surface area (Å²) in [6.45, 7) is 3.30. The summed E-state index contributed by atoms with van der Waals surface area (Å²) in [6.07, 6.45) is 2.48. The zero-order valence-corrected chi connectivity index (χ0v) is 10.6. The van der Waals surface area contributed by atoms with E-state index >= 15 is 0 Å². The van der Waals surface area contributed by atoms with E-state index in [1.165, 1.54) is 5.56 Å². The van der Waals surface area contributed by atoms with Crippen molar-refractivity contribution in [3.8, 4) is 5.75 Å². The first-order valence-electron chi connectivity index (χ1n) is 6.41. The molecule has 1 aromatic carbocycles. The Morgan fingerprint density at radius 1 is 1.56 bits per heavy atom.